The van der Waals surface area contributed by atoms with Gasteiger partial charge >= 0.3 is 0 Å². The zero-order valence-corrected chi connectivity index (χ0v) is 12.7. The molecular formula is C14H21N3O2S. The second kappa shape index (κ2) is 6.45. The number of aromatic nitrogens is 1. The predicted octanol–water partition coefficient (Wildman–Crippen LogP) is 1.50. The first-order valence-corrected chi connectivity index (χ1v) is 7.90. The van der Waals surface area contributed by atoms with Crippen molar-refractivity contribution < 1.29 is 9.90 Å². The number of hydrogen-bond donors (Lipinski definition) is 3. The molecule has 2 rings (SSSR count). The van der Waals surface area contributed by atoms with Gasteiger partial charge in [-0.3, -0.25) is 4.79 Å². The summed E-state index contributed by atoms with van der Waals surface area (Å²) in [6, 6.07) is 3.45. The summed E-state index contributed by atoms with van der Waals surface area (Å²) in [7, 11) is 1.59. The monoisotopic (exact) mass is 295 g/mol. The van der Waals surface area contributed by atoms with Crippen LogP contribution < -0.4 is 10.6 Å². The van der Waals surface area contributed by atoms with Gasteiger partial charge in [-0.05, 0) is 30.7 Å². The van der Waals surface area contributed by atoms with Gasteiger partial charge in [0.2, 0.25) is 0 Å². The maximum Gasteiger partial charge on any atom is 0.254 e. The molecule has 1 fully saturated rings. The molecule has 0 saturated heterocycles. The molecule has 0 aromatic carbocycles. The van der Waals surface area contributed by atoms with Crippen molar-refractivity contribution in [2.45, 2.75) is 30.6 Å². The van der Waals surface area contributed by atoms with Crippen molar-refractivity contribution in [1.29, 1.82) is 0 Å². The Labute approximate surface area is 123 Å². The predicted molar refractivity (Wildman–Crippen MR) is 82.2 cm³/mol. The van der Waals surface area contributed by atoms with Gasteiger partial charge in [-0.25, -0.2) is 4.98 Å². The normalized spacial score (nSPS) is 24.9. The van der Waals surface area contributed by atoms with Crippen LogP contribution in [0.3, 0.4) is 0 Å². The largest absolute Gasteiger partial charge is 0.387 e. The third kappa shape index (κ3) is 3.07. The molecule has 1 aromatic rings. The molecule has 0 aliphatic heterocycles. The molecule has 2 unspecified atom stereocenters. The quantitative estimate of drug-likeness (QED) is 0.741. The first-order valence-electron chi connectivity index (χ1n) is 6.85. The lowest BCUT2D eigenvalue weighted by Crippen LogP contribution is -2.54. The maximum absolute atomic E-state index is 11.8. The molecule has 0 spiro atoms. The summed E-state index contributed by atoms with van der Waals surface area (Å²) in [6.07, 6.45) is 3.47. The van der Waals surface area contributed by atoms with Crippen LogP contribution in [0.25, 0.3) is 0 Å². The van der Waals surface area contributed by atoms with Crippen LogP contribution in [0.15, 0.2) is 18.3 Å². The summed E-state index contributed by atoms with van der Waals surface area (Å²) in [4.78, 5) is 15.9. The Kier molecular flexibility index (Phi) is 4.88. The molecule has 1 aliphatic rings. The molecule has 1 aromatic heterocycles. The minimum Gasteiger partial charge on any atom is -0.387 e. The van der Waals surface area contributed by atoms with Gasteiger partial charge in [0.05, 0.1) is 11.2 Å². The van der Waals surface area contributed by atoms with E-state index in [2.05, 4.69) is 22.5 Å². The summed E-state index contributed by atoms with van der Waals surface area (Å²) in [6.45, 7) is 2.52. The lowest BCUT2D eigenvalue weighted by molar-refractivity contribution is -0.0120. The third-order valence-corrected chi connectivity index (χ3v) is 5.06. The lowest BCUT2D eigenvalue weighted by Gasteiger charge is -2.45. The summed E-state index contributed by atoms with van der Waals surface area (Å²) in [5, 5.41) is 16.5. The molecule has 0 radical (unpaired) electrons. The minimum atomic E-state index is -0.696. The highest BCUT2D eigenvalue weighted by Crippen LogP contribution is 2.41. The second-order valence-corrected chi connectivity index (χ2v) is 6.40. The number of carbonyl (C=O) groups is 1. The Hall–Kier alpha value is -1.27. The molecule has 1 saturated carbocycles. The van der Waals surface area contributed by atoms with Crippen molar-refractivity contribution in [3.63, 3.8) is 0 Å². The van der Waals surface area contributed by atoms with Crippen LogP contribution in [-0.2, 0) is 0 Å². The highest BCUT2D eigenvalue weighted by atomic mass is 32.2. The second-order valence-electron chi connectivity index (χ2n) is 4.92. The smallest absolute Gasteiger partial charge is 0.254 e. The fraction of sp³-hybridized carbons (Fsp3) is 0.571. The Bertz CT molecular complexity index is 483. The number of nitrogens with zero attached hydrogens (tertiary/aromatic N) is 1. The van der Waals surface area contributed by atoms with Crippen molar-refractivity contribution in [3.05, 3.63) is 23.9 Å². The molecule has 3 N–H and O–H groups in total. The molecular weight excluding hydrogens is 274 g/mol. The third-order valence-electron chi connectivity index (χ3n) is 3.65. The zero-order valence-electron chi connectivity index (χ0n) is 11.8. The van der Waals surface area contributed by atoms with Crippen molar-refractivity contribution in [2.24, 2.45) is 0 Å². The minimum absolute atomic E-state index is 0.180. The molecule has 5 nitrogen and oxygen atoms in total. The van der Waals surface area contributed by atoms with E-state index in [9.17, 15) is 9.90 Å². The lowest BCUT2D eigenvalue weighted by atomic mass is 9.79. The van der Waals surface area contributed by atoms with E-state index >= 15 is 0 Å². The number of pyridine rings is 1. The molecule has 1 heterocycles. The number of rotatable bonds is 6. The summed E-state index contributed by atoms with van der Waals surface area (Å²) in [5.41, 5.74) is -0.198. The van der Waals surface area contributed by atoms with E-state index in [0.29, 0.717) is 17.9 Å². The van der Waals surface area contributed by atoms with Gasteiger partial charge in [0.1, 0.15) is 5.82 Å². The van der Waals surface area contributed by atoms with Gasteiger partial charge < -0.3 is 15.7 Å². The van der Waals surface area contributed by atoms with Gasteiger partial charge in [0, 0.05) is 25.0 Å². The molecule has 0 bridgehead atoms. The van der Waals surface area contributed by atoms with Crippen LogP contribution in [0.2, 0.25) is 0 Å². The van der Waals surface area contributed by atoms with Crippen LogP contribution in [0.4, 0.5) is 5.82 Å². The number of thioether (sulfide) groups is 1. The van der Waals surface area contributed by atoms with Gasteiger partial charge in [0.15, 0.2) is 0 Å². The van der Waals surface area contributed by atoms with Crippen molar-refractivity contribution >= 4 is 23.5 Å². The van der Waals surface area contributed by atoms with Gasteiger partial charge in [0.25, 0.3) is 5.91 Å². The summed E-state index contributed by atoms with van der Waals surface area (Å²) < 4.78 is 0. The molecule has 2 atom stereocenters. The molecule has 6 heteroatoms. The number of nitrogens with one attached hydrogen (secondary N) is 2. The average molecular weight is 295 g/mol. The summed E-state index contributed by atoms with van der Waals surface area (Å²) in [5.74, 6) is 1.34. The zero-order chi connectivity index (χ0) is 14.6. The topological polar surface area (TPSA) is 74.2 Å². The van der Waals surface area contributed by atoms with Crippen molar-refractivity contribution in [3.8, 4) is 0 Å². The van der Waals surface area contributed by atoms with Gasteiger partial charge in [-0.1, -0.05) is 6.92 Å². The fourth-order valence-corrected chi connectivity index (χ4v) is 3.54. The van der Waals surface area contributed by atoms with Crippen molar-refractivity contribution in [2.75, 3.05) is 24.7 Å². The van der Waals surface area contributed by atoms with Crippen LogP contribution >= 0.6 is 11.8 Å². The Morgan fingerprint density at radius 2 is 2.45 bits per heavy atom. The number of aliphatic hydroxyl groups is 1. The Morgan fingerprint density at radius 3 is 3.05 bits per heavy atom. The maximum atomic E-state index is 11.8. The number of amides is 1. The number of hydrogen-bond acceptors (Lipinski definition) is 5. The number of anilines is 1. The van der Waals surface area contributed by atoms with E-state index < -0.39 is 5.60 Å². The average Bonchev–Trinajstić information content (AvgIpc) is 2.48. The highest BCUT2D eigenvalue weighted by Gasteiger charge is 2.45. The van der Waals surface area contributed by atoms with Crippen molar-refractivity contribution in [1.82, 2.24) is 10.3 Å². The number of carbonyl (C=O) groups excluding carboxylic acids is 1. The standard InChI is InChI=1S/C14H21N3O2S/c1-3-20-11-6-7-14(11,19)9-17-12-10(13(18)15-2)5-4-8-16-12/h4-5,8,11,19H,3,6-7,9H2,1-2H3,(H,15,18)(H,16,17). The highest BCUT2D eigenvalue weighted by molar-refractivity contribution is 8.00. The van der Waals surface area contributed by atoms with Crippen LogP contribution in [0.1, 0.15) is 30.1 Å². The first-order chi connectivity index (χ1) is 9.60. The van der Waals surface area contributed by atoms with E-state index in [-0.39, 0.29) is 11.2 Å². The fourth-order valence-electron chi connectivity index (χ4n) is 2.34. The van der Waals surface area contributed by atoms with E-state index in [0.717, 1.165) is 18.6 Å². The van der Waals surface area contributed by atoms with Gasteiger partial charge in [-0.15, -0.1) is 0 Å². The van der Waals surface area contributed by atoms with Crippen LogP contribution in [0.5, 0.6) is 0 Å². The van der Waals surface area contributed by atoms with E-state index in [1.165, 1.54) is 0 Å². The molecule has 20 heavy (non-hydrogen) atoms. The molecule has 110 valence electrons. The van der Waals surface area contributed by atoms with E-state index in [4.69, 9.17) is 0 Å². The first kappa shape index (κ1) is 15.1. The Morgan fingerprint density at radius 1 is 1.65 bits per heavy atom. The van der Waals surface area contributed by atoms with Gasteiger partial charge in [-0.2, -0.15) is 11.8 Å². The SMILES string of the molecule is CCSC1CCC1(O)CNc1ncccc1C(=O)NC. The van der Waals surface area contributed by atoms with Crippen LogP contribution in [0, 0.1) is 0 Å². The molecule has 1 amide bonds. The summed E-state index contributed by atoms with van der Waals surface area (Å²) >= 11 is 1.79. The van der Waals surface area contributed by atoms with E-state index in [1.807, 2.05) is 0 Å². The van der Waals surface area contributed by atoms with Crippen LogP contribution in [-0.4, -0.2) is 46.2 Å². The molecule has 1 aliphatic carbocycles. The Balaban J connectivity index is 2.02. The van der Waals surface area contributed by atoms with E-state index in [1.54, 1.807) is 37.1 Å².